The molecule has 1 unspecified atom stereocenters. The minimum atomic E-state index is -0.140. The second kappa shape index (κ2) is 9.84. The maximum atomic E-state index is 6.23. The third-order valence-electron chi connectivity index (χ3n) is 6.03. The predicted octanol–water partition coefficient (Wildman–Crippen LogP) is 4.43. The van der Waals surface area contributed by atoms with Crippen LogP contribution in [0.5, 0.6) is 6.01 Å². The summed E-state index contributed by atoms with van der Waals surface area (Å²) in [6.07, 6.45) is 7.87. The first-order valence-corrected chi connectivity index (χ1v) is 12.4. The van der Waals surface area contributed by atoms with Crippen LogP contribution in [0.3, 0.4) is 0 Å². The molecule has 1 saturated heterocycles. The number of thiazole rings is 1. The molecular formula is C24H29N7OS. The van der Waals surface area contributed by atoms with Gasteiger partial charge in [0, 0.05) is 12.7 Å². The number of ether oxygens (including phenoxy) is 1. The van der Waals surface area contributed by atoms with Gasteiger partial charge in [-0.25, -0.2) is 4.68 Å². The maximum Gasteiger partial charge on any atom is 0.321 e. The molecule has 4 aromatic rings. The van der Waals surface area contributed by atoms with Crippen molar-refractivity contribution in [3.63, 3.8) is 0 Å². The lowest BCUT2D eigenvalue weighted by Crippen LogP contribution is -2.18. The Hall–Kier alpha value is -3.04. The topological polar surface area (TPSA) is 95.0 Å². The Morgan fingerprint density at radius 2 is 1.82 bits per heavy atom. The van der Waals surface area contributed by atoms with Crippen LogP contribution in [-0.4, -0.2) is 42.7 Å². The second-order valence-corrected chi connectivity index (χ2v) is 9.45. The van der Waals surface area contributed by atoms with Gasteiger partial charge in [-0.1, -0.05) is 37.6 Å². The van der Waals surface area contributed by atoms with Crippen molar-refractivity contribution in [2.75, 3.05) is 18.8 Å². The standard InChI is InChI=1S/C24H29N7OS/c1-2-5-20(21-13-26-16-33-21)32-24-28-22(25)19-12-27-31(23(19)29-24)15-18-8-6-17(7-9-18)14-30-10-3-4-11-30/h6-9,12-13,16,20H,2-5,10-11,14-15H2,1H3,(H2,25,28,29). The molecule has 1 fully saturated rings. The Balaban J connectivity index is 1.35. The molecule has 4 heterocycles. The van der Waals surface area contributed by atoms with Gasteiger partial charge in [0.2, 0.25) is 0 Å². The molecule has 0 radical (unpaired) electrons. The van der Waals surface area contributed by atoms with Gasteiger partial charge in [-0.3, -0.25) is 9.88 Å². The first kappa shape index (κ1) is 21.8. The van der Waals surface area contributed by atoms with Crippen molar-refractivity contribution in [2.24, 2.45) is 0 Å². The van der Waals surface area contributed by atoms with E-state index in [-0.39, 0.29) is 12.1 Å². The minimum absolute atomic E-state index is 0.140. The van der Waals surface area contributed by atoms with Gasteiger partial charge < -0.3 is 10.5 Å². The highest BCUT2D eigenvalue weighted by Crippen LogP contribution is 2.29. The van der Waals surface area contributed by atoms with E-state index < -0.39 is 0 Å². The van der Waals surface area contributed by atoms with Crippen LogP contribution in [0.2, 0.25) is 0 Å². The highest BCUT2D eigenvalue weighted by atomic mass is 32.1. The van der Waals surface area contributed by atoms with E-state index in [0.29, 0.717) is 18.0 Å². The number of hydrogen-bond donors (Lipinski definition) is 1. The molecule has 1 aliphatic heterocycles. The van der Waals surface area contributed by atoms with E-state index >= 15 is 0 Å². The fourth-order valence-electron chi connectivity index (χ4n) is 4.28. The molecule has 172 valence electrons. The van der Waals surface area contributed by atoms with Gasteiger partial charge in [0.05, 0.1) is 28.5 Å². The summed E-state index contributed by atoms with van der Waals surface area (Å²) < 4.78 is 8.02. The highest BCUT2D eigenvalue weighted by molar-refractivity contribution is 7.09. The van der Waals surface area contributed by atoms with Gasteiger partial charge in [-0.2, -0.15) is 15.1 Å². The number of nitrogens with two attached hydrogens (primary N) is 1. The lowest BCUT2D eigenvalue weighted by Gasteiger charge is -2.16. The summed E-state index contributed by atoms with van der Waals surface area (Å²) in [6.45, 7) is 6.16. The number of aromatic nitrogens is 5. The van der Waals surface area contributed by atoms with Crippen LogP contribution in [0.4, 0.5) is 5.82 Å². The zero-order valence-electron chi connectivity index (χ0n) is 18.9. The van der Waals surface area contributed by atoms with Gasteiger partial charge in [0.25, 0.3) is 0 Å². The zero-order chi connectivity index (χ0) is 22.6. The van der Waals surface area contributed by atoms with Crippen molar-refractivity contribution in [3.8, 4) is 6.01 Å². The predicted molar refractivity (Wildman–Crippen MR) is 130 cm³/mol. The van der Waals surface area contributed by atoms with Crippen molar-refractivity contribution >= 4 is 28.2 Å². The first-order chi connectivity index (χ1) is 16.2. The summed E-state index contributed by atoms with van der Waals surface area (Å²) in [5.74, 6) is 0.377. The fraction of sp³-hybridized carbons (Fsp3) is 0.417. The van der Waals surface area contributed by atoms with E-state index in [1.165, 1.54) is 37.1 Å². The number of nitrogens with zero attached hydrogens (tertiary/aromatic N) is 6. The number of hydrogen-bond acceptors (Lipinski definition) is 8. The van der Waals surface area contributed by atoms with Crippen LogP contribution in [0.25, 0.3) is 11.0 Å². The molecular weight excluding hydrogens is 434 g/mol. The summed E-state index contributed by atoms with van der Waals surface area (Å²) in [6, 6.07) is 9.03. The third-order valence-corrected chi connectivity index (χ3v) is 6.90. The van der Waals surface area contributed by atoms with Crippen molar-refractivity contribution in [3.05, 3.63) is 58.2 Å². The average Bonchev–Trinajstić information content (AvgIpc) is 3.58. The van der Waals surface area contributed by atoms with Crippen LogP contribution in [0.1, 0.15) is 54.7 Å². The number of rotatable bonds is 9. The molecule has 1 aliphatic rings. The Bertz CT molecular complexity index is 1180. The number of likely N-dealkylation sites (tertiary alicyclic amines) is 1. The van der Waals surface area contributed by atoms with Crippen LogP contribution in [0, 0.1) is 0 Å². The van der Waals surface area contributed by atoms with E-state index in [1.807, 2.05) is 16.4 Å². The molecule has 1 atom stereocenters. The van der Waals surface area contributed by atoms with Crippen molar-refractivity contribution in [2.45, 2.75) is 51.8 Å². The maximum absolute atomic E-state index is 6.23. The van der Waals surface area contributed by atoms with Crippen LogP contribution >= 0.6 is 11.3 Å². The van der Waals surface area contributed by atoms with E-state index in [9.17, 15) is 0 Å². The Morgan fingerprint density at radius 1 is 1.06 bits per heavy atom. The Morgan fingerprint density at radius 3 is 2.52 bits per heavy atom. The second-order valence-electron chi connectivity index (χ2n) is 8.53. The lowest BCUT2D eigenvalue weighted by atomic mass is 10.1. The van der Waals surface area contributed by atoms with E-state index in [2.05, 4.69) is 56.1 Å². The molecule has 8 nitrogen and oxygen atoms in total. The van der Waals surface area contributed by atoms with Crippen molar-refractivity contribution < 1.29 is 4.74 Å². The summed E-state index contributed by atoms with van der Waals surface area (Å²) in [5.41, 5.74) is 11.2. The van der Waals surface area contributed by atoms with Crippen molar-refractivity contribution in [1.29, 1.82) is 0 Å². The Kier molecular flexibility index (Phi) is 6.50. The van der Waals surface area contributed by atoms with E-state index in [4.69, 9.17) is 10.5 Å². The smallest absolute Gasteiger partial charge is 0.321 e. The van der Waals surface area contributed by atoms with E-state index in [0.717, 1.165) is 29.6 Å². The molecule has 5 rings (SSSR count). The number of anilines is 1. The summed E-state index contributed by atoms with van der Waals surface area (Å²) >= 11 is 1.57. The number of nitrogen functional groups attached to an aromatic ring is 1. The van der Waals surface area contributed by atoms with Crippen LogP contribution in [0.15, 0.2) is 42.2 Å². The van der Waals surface area contributed by atoms with Crippen LogP contribution in [-0.2, 0) is 13.1 Å². The Labute approximate surface area is 197 Å². The van der Waals surface area contributed by atoms with Gasteiger partial charge in [0.15, 0.2) is 5.65 Å². The molecule has 0 aliphatic carbocycles. The monoisotopic (exact) mass is 463 g/mol. The summed E-state index contributed by atoms with van der Waals surface area (Å²) in [4.78, 5) is 16.8. The highest BCUT2D eigenvalue weighted by Gasteiger charge is 2.19. The molecule has 0 spiro atoms. The van der Waals surface area contributed by atoms with Gasteiger partial charge in [-0.15, -0.1) is 11.3 Å². The fourth-order valence-corrected chi connectivity index (χ4v) is 4.96. The zero-order valence-corrected chi connectivity index (χ0v) is 19.7. The molecule has 33 heavy (non-hydrogen) atoms. The SMILES string of the molecule is CCCC(Oc1nc(N)c2cnn(Cc3ccc(CN4CCCC4)cc3)c2n1)c1cncs1. The molecule has 2 N–H and O–H groups in total. The molecule has 0 amide bonds. The van der Waals surface area contributed by atoms with Crippen molar-refractivity contribution in [1.82, 2.24) is 29.6 Å². The number of benzene rings is 1. The molecule has 9 heteroatoms. The van der Waals surface area contributed by atoms with Gasteiger partial charge in [0.1, 0.15) is 11.9 Å². The third kappa shape index (κ3) is 4.99. The van der Waals surface area contributed by atoms with E-state index in [1.54, 1.807) is 17.5 Å². The van der Waals surface area contributed by atoms with Crippen LogP contribution < -0.4 is 10.5 Å². The molecule has 0 saturated carbocycles. The van der Waals surface area contributed by atoms with Gasteiger partial charge >= 0.3 is 6.01 Å². The van der Waals surface area contributed by atoms with Gasteiger partial charge in [-0.05, 0) is 43.5 Å². The molecule has 3 aromatic heterocycles. The molecule has 1 aromatic carbocycles. The largest absolute Gasteiger partial charge is 0.454 e. The summed E-state index contributed by atoms with van der Waals surface area (Å²) in [5, 5.41) is 5.26. The summed E-state index contributed by atoms with van der Waals surface area (Å²) in [7, 11) is 0. The first-order valence-electron chi connectivity index (χ1n) is 11.5. The normalized spacial score (nSPS) is 15.3. The quantitative estimate of drug-likeness (QED) is 0.392. The minimum Gasteiger partial charge on any atom is -0.454 e. The number of fused-ring (bicyclic) bond motifs is 1. The molecule has 0 bridgehead atoms. The average molecular weight is 464 g/mol. The lowest BCUT2D eigenvalue weighted by molar-refractivity contribution is 0.181.